The fourth-order valence-corrected chi connectivity index (χ4v) is 5.05. The summed E-state index contributed by atoms with van der Waals surface area (Å²) in [5, 5.41) is 0. The molecule has 2 aliphatic rings. The van der Waals surface area contributed by atoms with E-state index in [0.29, 0.717) is 54.2 Å². The summed E-state index contributed by atoms with van der Waals surface area (Å²) in [6, 6.07) is 6.25. The highest BCUT2D eigenvalue weighted by Crippen LogP contribution is 2.51. The normalized spacial score (nSPS) is 17.2. The molecule has 2 aromatic carbocycles. The monoisotopic (exact) mass is 467 g/mol. The largest absolute Gasteiger partial charge is 0.493 e. The number of benzene rings is 1. The Bertz CT molecular complexity index is 1190. The molecule has 1 heterocycles. The van der Waals surface area contributed by atoms with Gasteiger partial charge in [0.2, 0.25) is 11.7 Å². The Balaban J connectivity index is 2.07. The SMILES string of the molecule is COC(=O)c1cc2c(ccc1=O)-c1c(cc(OC)c(OC)c1OC)CC[C@@H]2N1CCCCC1=O. The van der Waals surface area contributed by atoms with Crippen molar-refractivity contribution in [2.24, 2.45) is 0 Å². The topological polar surface area (TPSA) is 91.4 Å². The van der Waals surface area contributed by atoms with Crippen LogP contribution in [0.3, 0.4) is 0 Å². The van der Waals surface area contributed by atoms with Crippen molar-refractivity contribution >= 4 is 11.9 Å². The Labute approximate surface area is 198 Å². The maximum atomic E-state index is 12.9. The van der Waals surface area contributed by atoms with E-state index in [0.717, 1.165) is 24.0 Å². The predicted molar refractivity (Wildman–Crippen MR) is 126 cm³/mol. The lowest BCUT2D eigenvalue weighted by Gasteiger charge is -2.35. The number of ether oxygens (including phenoxy) is 4. The number of aryl methyl sites for hydroxylation is 1. The first-order valence-corrected chi connectivity index (χ1v) is 11.3. The Hall–Kier alpha value is -3.55. The average molecular weight is 468 g/mol. The fraction of sp³-hybridized carbons (Fsp3) is 0.423. The molecule has 4 rings (SSSR count). The lowest BCUT2D eigenvalue weighted by Crippen LogP contribution is -2.38. The third-order valence-electron chi connectivity index (χ3n) is 6.65. The number of likely N-dealkylation sites (tertiary alicyclic amines) is 1. The quantitative estimate of drug-likeness (QED) is 0.622. The predicted octanol–water partition coefficient (Wildman–Crippen LogP) is 3.53. The van der Waals surface area contributed by atoms with Gasteiger partial charge in [-0.1, -0.05) is 0 Å². The van der Waals surface area contributed by atoms with Crippen molar-refractivity contribution in [1.82, 2.24) is 4.90 Å². The van der Waals surface area contributed by atoms with Gasteiger partial charge in [0.25, 0.3) is 0 Å². The van der Waals surface area contributed by atoms with Crippen LogP contribution < -0.4 is 19.6 Å². The van der Waals surface area contributed by atoms with Crippen molar-refractivity contribution in [2.45, 2.75) is 38.1 Å². The van der Waals surface area contributed by atoms with Crippen LogP contribution in [0.4, 0.5) is 0 Å². The minimum absolute atomic E-state index is 0.0684. The van der Waals surface area contributed by atoms with Crippen LogP contribution in [-0.4, -0.2) is 51.8 Å². The minimum atomic E-state index is -0.712. The van der Waals surface area contributed by atoms with E-state index in [-0.39, 0.29) is 17.5 Å². The molecule has 0 radical (unpaired) electrons. The Morgan fingerprint density at radius 1 is 0.941 bits per heavy atom. The summed E-state index contributed by atoms with van der Waals surface area (Å²) in [7, 11) is 5.90. The number of carbonyl (C=O) groups excluding carboxylic acids is 2. The van der Waals surface area contributed by atoms with Gasteiger partial charge in [-0.3, -0.25) is 9.59 Å². The molecular weight excluding hydrogens is 438 g/mol. The molecule has 0 spiro atoms. The van der Waals surface area contributed by atoms with Gasteiger partial charge in [-0.15, -0.1) is 0 Å². The number of esters is 1. The molecule has 0 saturated carbocycles. The van der Waals surface area contributed by atoms with E-state index in [1.54, 1.807) is 26.4 Å². The summed E-state index contributed by atoms with van der Waals surface area (Å²) in [5.74, 6) is 0.804. The van der Waals surface area contributed by atoms with Crippen molar-refractivity contribution in [1.29, 1.82) is 0 Å². The van der Waals surface area contributed by atoms with Crippen LogP contribution in [0, 0.1) is 0 Å². The molecular formula is C26H29NO7. The zero-order valence-corrected chi connectivity index (χ0v) is 19.9. The van der Waals surface area contributed by atoms with Gasteiger partial charge in [-0.05, 0) is 66.6 Å². The number of amides is 1. The summed E-state index contributed by atoms with van der Waals surface area (Å²) in [5.41, 5.74) is 2.60. The van der Waals surface area contributed by atoms with Crippen molar-refractivity contribution in [3.63, 3.8) is 0 Å². The molecule has 0 bridgehead atoms. The smallest absolute Gasteiger partial charge is 0.341 e. The Morgan fingerprint density at radius 3 is 2.35 bits per heavy atom. The fourth-order valence-electron chi connectivity index (χ4n) is 5.05. The van der Waals surface area contributed by atoms with Crippen molar-refractivity contribution < 1.29 is 28.5 Å². The number of methoxy groups -OCH3 is 4. The highest BCUT2D eigenvalue weighted by Gasteiger charge is 2.34. The summed E-state index contributed by atoms with van der Waals surface area (Å²) in [6.45, 7) is 0.624. The summed E-state index contributed by atoms with van der Waals surface area (Å²) >= 11 is 0. The molecule has 0 aromatic heterocycles. The van der Waals surface area contributed by atoms with Crippen molar-refractivity contribution in [3.8, 4) is 28.4 Å². The molecule has 1 fully saturated rings. The van der Waals surface area contributed by atoms with E-state index >= 15 is 0 Å². The van der Waals surface area contributed by atoms with Crippen LogP contribution in [0.2, 0.25) is 0 Å². The van der Waals surface area contributed by atoms with E-state index in [2.05, 4.69) is 0 Å². The second-order valence-electron chi connectivity index (χ2n) is 8.39. The first-order valence-electron chi connectivity index (χ1n) is 11.3. The summed E-state index contributed by atoms with van der Waals surface area (Å²) < 4.78 is 21.9. The highest BCUT2D eigenvalue weighted by molar-refractivity contribution is 5.91. The number of rotatable bonds is 5. The third-order valence-corrected chi connectivity index (χ3v) is 6.65. The molecule has 8 heteroatoms. The van der Waals surface area contributed by atoms with Gasteiger partial charge in [0, 0.05) is 18.5 Å². The second kappa shape index (κ2) is 9.75. The average Bonchev–Trinajstić information content (AvgIpc) is 3.11. The third kappa shape index (κ3) is 3.97. The van der Waals surface area contributed by atoms with E-state index in [1.165, 1.54) is 20.3 Å². The molecule has 34 heavy (non-hydrogen) atoms. The maximum Gasteiger partial charge on any atom is 0.341 e. The molecule has 8 nitrogen and oxygen atoms in total. The number of piperidine rings is 1. The molecule has 1 aliphatic carbocycles. The van der Waals surface area contributed by atoms with Crippen LogP contribution in [-0.2, 0) is 16.0 Å². The Kier molecular flexibility index (Phi) is 6.77. The number of fused-ring (bicyclic) bond motifs is 3. The first-order chi connectivity index (χ1) is 16.4. The van der Waals surface area contributed by atoms with E-state index in [4.69, 9.17) is 18.9 Å². The zero-order chi connectivity index (χ0) is 24.4. The van der Waals surface area contributed by atoms with Crippen molar-refractivity contribution in [3.05, 3.63) is 51.2 Å². The molecule has 180 valence electrons. The Morgan fingerprint density at radius 2 is 1.71 bits per heavy atom. The second-order valence-corrected chi connectivity index (χ2v) is 8.39. The first kappa shape index (κ1) is 23.6. The number of nitrogens with zero attached hydrogens (tertiary/aromatic N) is 1. The van der Waals surface area contributed by atoms with Gasteiger partial charge < -0.3 is 23.8 Å². The van der Waals surface area contributed by atoms with Crippen LogP contribution >= 0.6 is 0 Å². The number of carbonyl (C=O) groups is 2. The lowest BCUT2D eigenvalue weighted by molar-refractivity contribution is -0.136. The van der Waals surface area contributed by atoms with Crippen LogP contribution in [0.25, 0.3) is 11.1 Å². The lowest BCUT2D eigenvalue weighted by atomic mass is 9.94. The summed E-state index contributed by atoms with van der Waals surface area (Å²) in [4.78, 5) is 40.1. The minimum Gasteiger partial charge on any atom is -0.493 e. The van der Waals surface area contributed by atoms with Gasteiger partial charge in [0.05, 0.1) is 34.5 Å². The number of hydrogen-bond acceptors (Lipinski definition) is 7. The van der Waals surface area contributed by atoms with E-state index in [9.17, 15) is 14.4 Å². The standard InChI is InChI=1S/C26H29NO7/c1-31-21-13-15-8-10-19(27-12-6-5-7-22(27)29)17-14-18(26(30)34-4)20(28)11-9-16(17)23(15)25(33-3)24(21)32-2/h9,11,13-14,19H,5-8,10,12H2,1-4H3/t19-/m0/s1. The molecule has 1 saturated heterocycles. The zero-order valence-electron chi connectivity index (χ0n) is 19.9. The maximum absolute atomic E-state index is 12.9. The van der Waals surface area contributed by atoms with Crippen LogP contribution in [0.15, 0.2) is 29.1 Å². The molecule has 0 N–H and O–H groups in total. The molecule has 2 aromatic rings. The van der Waals surface area contributed by atoms with Crippen LogP contribution in [0.5, 0.6) is 17.2 Å². The van der Waals surface area contributed by atoms with Gasteiger partial charge in [0.15, 0.2) is 16.9 Å². The van der Waals surface area contributed by atoms with Gasteiger partial charge in [-0.2, -0.15) is 0 Å². The molecule has 0 unspecified atom stereocenters. The molecule has 1 aliphatic heterocycles. The van der Waals surface area contributed by atoms with Gasteiger partial charge in [0.1, 0.15) is 5.56 Å². The van der Waals surface area contributed by atoms with E-state index in [1.807, 2.05) is 11.0 Å². The molecule has 1 amide bonds. The van der Waals surface area contributed by atoms with Crippen molar-refractivity contribution in [2.75, 3.05) is 35.0 Å². The molecule has 1 atom stereocenters. The number of hydrogen-bond donors (Lipinski definition) is 0. The van der Waals surface area contributed by atoms with E-state index < -0.39 is 11.4 Å². The van der Waals surface area contributed by atoms with Crippen LogP contribution in [0.1, 0.15) is 53.2 Å². The highest BCUT2D eigenvalue weighted by atomic mass is 16.5. The van der Waals surface area contributed by atoms with Gasteiger partial charge >= 0.3 is 5.97 Å². The summed E-state index contributed by atoms with van der Waals surface area (Å²) in [6.07, 6.45) is 3.50. The van der Waals surface area contributed by atoms with Gasteiger partial charge in [-0.25, -0.2) is 4.79 Å².